The molecule has 0 spiro atoms. The van der Waals surface area contributed by atoms with Crippen molar-refractivity contribution in [1.82, 2.24) is 15.2 Å². The minimum atomic E-state index is 0.880. The molecule has 3 nitrogen and oxygen atoms in total. The van der Waals surface area contributed by atoms with Crippen LogP contribution in [0.2, 0.25) is 0 Å². The molecule has 0 aromatic carbocycles. The first kappa shape index (κ1) is 10.2. The van der Waals surface area contributed by atoms with Crippen LogP contribution in [0.15, 0.2) is 18.3 Å². The van der Waals surface area contributed by atoms with Crippen molar-refractivity contribution in [1.29, 1.82) is 0 Å². The zero-order chi connectivity index (χ0) is 11.0. The Hall–Kier alpha value is -0.930. The second-order valence-corrected chi connectivity index (χ2v) is 5.20. The summed E-state index contributed by atoms with van der Waals surface area (Å²) < 4.78 is 0. The lowest BCUT2D eigenvalue weighted by molar-refractivity contribution is 0.302. The lowest BCUT2D eigenvalue weighted by Gasteiger charge is -2.16. The van der Waals surface area contributed by atoms with E-state index in [4.69, 9.17) is 0 Å². The summed E-state index contributed by atoms with van der Waals surface area (Å²) in [5, 5.41) is 3.47. The molecule has 2 aliphatic rings. The van der Waals surface area contributed by atoms with Gasteiger partial charge in [0.2, 0.25) is 0 Å². The summed E-state index contributed by atoms with van der Waals surface area (Å²) in [6, 6.07) is 4.31. The minimum absolute atomic E-state index is 0.880. The third kappa shape index (κ3) is 1.97. The lowest BCUT2D eigenvalue weighted by atomic mass is 10.0. The molecule has 1 N–H and O–H groups in total. The molecule has 3 heterocycles. The molecule has 0 saturated carbocycles. The predicted molar refractivity (Wildman–Crippen MR) is 64.1 cm³/mol. The van der Waals surface area contributed by atoms with Crippen LogP contribution in [0.4, 0.5) is 0 Å². The summed E-state index contributed by atoms with van der Waals surface area (Å²) in [4.78, 5) is 7.03. The van der Waals surface area contributed by atoms with Gasteiger partial charge in [0, 0.05) is 25.8 Å². The molecule has 16 heavy (non-hydrogen) atoms. The number of fused-ring (bicyclic) bond motifs is 1. The first-order chi connectivity index (χ1) is 7.81. The van der Waals surface area contributed by atoms with Gasteiger partial charge in [0.25, 0.3) is 0 Å². The molecule has 0 bridgehead atoms. The molecular weight excluding hydrogens is 198 g/mol. The van der Waals surface area contributed by atoms with Gasteiger partial charge in [0.15, 0.2) is 0 Å². The first-order valence-electron chi connectivity index (χ1n) is 6.16. The summed E-state index contributed by atoms with van der Waals surface area (Å²) in [7, 11) is 0. The molecule has 0 amide bonds. The lowest BCUT2D eigenvalue weighted by Crippen LogP contribution is -2.25. The van der Waals surface area contributed by atoms with Crippen LogP contribution < -0.4 is 5.32 Å². The Morgan fingerprint density at radius 1 is 1.31 bits per heavy atom. The molecule has 0 aliphatic carbocycles. The zero-order valence-corrected chi connectivity index (χ0v) is 9.82. The molecule has 1 aromatic heterocycles. The molecule has 2 aliphatic heterocycles. The molecule has 86 valence electrons. The first-order valence-corrected chi connectivity index (χ1v) is 6.16. The third-order valence-electron chi connectivity index (χ3n) is 3.82. The summed E-state index contributed by atoms with van der Waals surface area (Å²) in [5.41, 5.74) is 2.45. The third-order valence-corrected chi connectivity index (χ3v) is 3.82. The Labute approximate surface area is 96.9 Å². The van der Waals surface area contributed by atoms with Gasteiger partial charge in [-0.1, -0.05) is 6.07 Å². The van der Waals surface area contributed by atoms with E-state index in [0.29, 0.717) is 0 Å². The maximum atomic E-state index is 4.48. The average Bonchev–Trinajstić information content (AvgIpc) is 2.81. The van der Waals surface area contributed by atoms with Crippen molar-refractivity contribution in [2.24, 2.45) is 11.8 Å². The molecule has 3 heteroatoms. The van der Waals surface area contributed by atoms with Crippen molar-refractivity contribution in [3.63, 3.8) is 0 Å². The Kier molecular flexibility index (Phi) is 2.65. The van der Waals surface area contributed by atoms with Crippen LogP contribution >= 0.6 is 0 Å². The van der Waals surface area contributed by atoms with E-state index in [-0.39, 0.29) is 0 Å². The number of aromatic nitrogens is 1. The van der Waals surface area contributed by atoms with Crippen LogP contribution in [0.5, 0.6) is 0 Å². The highest BCUT2D eigenvalue weighted by Crippen LogP contribution is 2.26. The van der Waals surface area contributed by atoms with Gasteiger partial charge in [-0.3, -0.25) is 9.88 Å². The molecule has 0 unspecified atom stereocenters. The Bertz CT molecular complexity index is 348. The maximum absolute atomic E-state index is 4.48. The van der Waals surface area contributed by atoms with Crippen LogP contribution in [-0.4, -0.2) is 36.1 Å². The Morgan fingerprint density at radius 2 is 2.06 bits per heavy atom. The van der Waals surface area contributed by atoms with Crippen LogP contribution in [0.3, 0.4) is 0 Å². The zero-order valence-electron chi connectivity index (χ0n) is 9.82. The number of rotatable bonds is 2. The monoisotopic (exact) mass is 217 g/mol. The van der Waals surface area contributed by atoms with E-state index in [9.17, 15) is 0 Å². The fraction of sp³-hybridized carbons (Fsp3) is 0.615. The van der Waals surface area contributed by atoms with E-state index >= 15 is 0 Å². The van der Waals surface area contributed by atoms with Gasteiger partial charge in [-0.25, -0.2) is 0 Å². The molecule has 3 rings (SSSR count). The van der Waals surface area contributed by atoms with Gasteiger partial charge in [0.1, 0.15) is 0 Å². The molecule has 0 radical (unpaired) electrons. The fourth-order valence-corrected chi connectivity index (χ4v) is 2.90. The standard InChI is InChI=1S/C13H19N3/c1-10-2-3-13(15-4-10)9-16-7-11-5-14-6-12(11)8-16/h2-4,11-12,14H,5-9H2,1H3/t11-,12+. The second kappa shape index (κ2) is 4.15. The van der Waals surface area contributed by atoms with Crippen LogP contribution in [0.25, 0.3) is 0 Å². The summed E-state index contributed by atoms with van der Waals surface area (Å²) in [6.07, 6.45) is 1.97. The minimum Gasteiger partial charge on any atom is -0.316 e. The average molecular weight is 217 g/mol. The fourth-order valence-electron chi connectivity index (χ4n) is 2.90. The van der Waals surface area contributed by atoms with E-state index in [1.807, 2.05) is 6.20 Å². The van der Waals surface area contributed by atoms with Gasteiger partial charge >= 0.3 is 0 Å². The summed E-state index contributed by atoms with van der Waals surface area (Å²) in [6.45, 7) is 8.02. The van der Waals surface area contributed by atoms with Crippen LogP contribution in [0.1, 0.15) is 11.3 Å². The Balaban J connectivity index is 1.62. The van der Waals surface area contributed by atoms with E-state index < -0.39 is 0 Å². The largest absolute Gasteiger partial charge is 0.316 e. The molecule has 2 atom stereocenters. The van der Waals surface area contributed by atoms with Crippen LogP contribution in [0, 0.1) is 18.8 Å². The number of pyridine rings is 1. The molecular formula is C13H19N3. The predicted octanol–water partition coefficient (Wildman–Crippen LogP) is 1.04. The number of likely N-dealkylation sites (tertiary alicyclic amines) is 1. The highest BCUT2D eigenvalue weighted by Gasteiger charge is 2.35. The molecule has 1 aromatic rings. The van der Waals surface area contributed by atoms with Gasteiger partial charge in [-0.05, 0) is 43.5 Å². The topological polar surface area (TPSA) is 28.2 Å². The van der Waals surface area contributed by atoms with Gasteiger partial charge < -0.3 is 5.32 Å². The van der Waals surface area contributed by atoms with Crippen molar-refractivity contribution in [2.75, 3.05) is 26.2 Å². The number of hydrogen-bond acceptors (Lipinski definition) is 3. The van der Waals surface area contributed by atoms with Crippen molar-refractivity contribution >= 4 is 0 Å². The SMILES string of the molecule is Cc1ccc(CN2C[C@H]3CNC[C@H]3C2)nc1. The van der Waals surface area contributed by atoms with E-state index in [2.05, 4.69) is 34.3 Å². The molecule has 2 saturated heterocycles. The normalized spacial score (nSPS) is 29.6. The van der Waals surface area contributed by atoms with Crippen LogP contribution in [-0.2, 0) is 6.54 Å². The van der Waals surface area contributed by atoms with Crippen molar-refractivity contribution < 1.29 is 0 Å². The van der Waals surface area contributed by atoms with E-state index in [1.54, 1.807) is 0 Å². The highest BCUT2D eigenvalue weighted by atomic mass is 15.2. The Morgan fingerprint density at radius 3 is 2.69 bits per heavy atom. The number of aryl methyl sites for hydroxylation is 1. The number of hydrogen-bond donors (Lipinski definition) is 1. The van der Waals surface area contributed by atoms with E-state index in [0.717, 1.165) is 18.4 Å². The van der Waals surface area contributed by atoms with Crippen molar-refractivity contribution in [3.8, 4) is 0 Å². The molecule has 2 fully saturated rings. The quantitative estimate of drug-likeness (QED) is 0.802. The van der Waals surface area contributed by atoms with Gasteiger partial charge in [-0.15, -0.1) is 0 Å². The summed E-state index contributed by atoms with van der Waals surface area (Å²) in [5.74, 6) is 1.76. The van der Waals surface area contributed by atoms with Crippen molar-refractivity contribution in [2.45, 2.75) is 13.5 Å². The number of nitrogens with zero attached hydrogens (tertiary/aromatic N) is 2. The summed E-state index contributed by atoms with van der Waals surface area (Å²) >= 11 is 0. The van der Waals surface area contributed by atoms with Crippen molar-refractivity contribution in [3.05, 3.63) is 29.6 Å². The smallest absolute Gasteiger partial charge is 0.0544 e. The van der Waals surface area contributed by atoms with Gasteiger partial charge in [0.05, 0.1) is 5.69 Å². The maximum Gasteiger partial charge on any atom is 0.0544 e. The number of nitrogens with one attached hydrogen (secondary N) is 1. The second-order valence-electron chi connectivity index (χ2n) is 5.20. The van der Waals surface area contributed by atoms with E-state index in [1.165, 1.54) is 37.4 Å². The van der Waals surface area contributed by atoms with Gasteiger partial charge in [-0.2, -0.15) is 0 Å². The highest BCUT2D eigenvalue weighted by molar-refractivity contribution is 5.12.